The molecule has 4 nitrogen and oxygen atoms in total. The minimum Gasteiger partial charge on any atom is -0.489 e. The van der Waals surface area contributed by atoms with Crippen LogP contribution in [0, 0.1) is 11.3 Å². The molecule has 0 aliphatic rings. The minimum atomic E-state index is -4.46. The lowest BCUT2D eigenvalue weighted by Crippen LogP contribution is -2.16. The van der Waals surface area contributed by atoms with E-state index in [1.54, 1.807) is 48.5 Å². The number of nitriles is 1. The van der Waals surface area contributed by atoms with Crippen LogP contribution in [0.4, 0.5) is 18.9 Å². The number of hydrogen-bond donors (Lipinski definition) is 1. The predicted octanol–water partition coefficient (Wildman–Crippen LogP) is 5.53. The van der Waals surface area contributed by atoms with Gasteiger partial charge >= 0.3 is 6.18 Å². The Morgan fingerprint density at radius 3 is 2.42 bits per heavy atom. The van der Waals surface area contributed by atoms with Crippen molar-refractivity contribution in [1.29, 1.82) is 5.26 Å². The number of alkyl halides is 3. The van der Waals surface area contributed by atoms with Gasteiger partial charge in [0.15, 0.2) is 0 Å². The molecule has 1 amide bonds. The maximum absolute atomic E-state index is 12.9. The van der Waals surface area contributed by atoms with Gasteiger partial charge in [0, 0.05) is 11.3 Å². The molecule has 0 heterocycles. The molecular formula is C24H19F3N2O2. The fraction of sp³-hybridized carbons (Fsp3) is 0.167. The van der Waals surface area contributed by atoms with E-state index in [-0.39, 0.29) is 18.6 Å². The molecule has 3 aromatic rings. The largest absolute Gasteiger partial charge is 0.489 e. The number of halogens is 3. The van der Waals surface area contributed by atoms with E-state index in [1.165, 1.54) is 12.1 Å². The summed E-state index contributed by atoms with van der Waals surface area (Å²) >= 11 is 0. The third-order valence-electron chi connectivity index (χ3n) is 4.51. The van der Waals surface area contributed by atoms with Crippen LogP contribution < -0.4 is 10.1 Å². The molecule has 158 valence electrons. The quantitative estimate of drug-likeness (QED) is 0.542. The van der Waals surface area contributed by atoms with Gasteiger partial charge in [0.1, 0.15) is 12.4 Å². The SMILES string of the molecule is N#CCc1ccc(OCc2ccccc2NC(=O)Cc2cccc(C(F)(F)F)c2)cc1. The van der Waals surface area contributed by atoms with Crippen LogP contribution in [-0.2, 0) is 30.4 Å². The first-order chi connectivity index (χ1) is 14.8. The highest BCUT2D eigenvalue weighted by atomic mass is 19.4. The molecule has 3 rings (SSSR count). The fourth-order valence-electron chi connectivity index (χ4n) is 2.96. The molecule has 0 radical (unpaired) electrons. The summed E-state index contributed by atoms with van der Waals surface area (Å²) in [6, 6.07) is 21.0. The van der Waals surface area contributed by atoms with Gasteiger partial charge in [-0.15, -0.1) is 0 Å². The summed E-state index contributed by atoms with van der Waals surface area (Å²) in [5.41, 5.74) is 1.63. The van der Waals surface area contributed by atoms with Gasteiger partial charge in [-0.25, -0.2) is 0 Å². The lowest BCUT2D eigenvalue weighted by Gasteiger charge is -2.13. The van der Waals surface area contributed by atoms with Crippen molar-refractivity contribution in [3.63, 3.8) is 0 Å². The zero-order valence-electron chi connectivity index (χ0n) is 16.4. The Balaban J connectivity index is 1.64. The van der Waals surface area contributed by atoms with Gasteiger partial charge in [0.25, 0.3) is 0 Å². The van der Waals surface area contributed by atoms with Crippen molar-refractivity contribution in [3.05, 3.63) is 95.1 Å². The number of hydrogen-bond acceptors (Lipinski definition) is 3. The van der Waals surface area contributed by atoms with E-state index in [0.29, 0.717) is 17.9 Å². The maximum atomic E-state index is 12.9. The fourth-order valence-corrected chi connectivity index (χ4v) is 2.96. The summed E-state index contributed by atoms with van der Waals surface area (Å²) in [6.07, 6.45) is -4.32. The van der Waals surface area contributed by atoms with Crippen LogP contribution in [0.25, 0.3) is 0 Å². The second-order valence-electron chi connectivity index (χ2n) is 6.85. The van der Waals surface area contributed by atoms with Crippen LogP contribution in [0.15, 0.2) is 72.8 Å². The maximum Gasteiger partial charge on any atom is 0.416 e. The molecule has 0 aliphatic carbocycles. The number of amides is 1. The molecule has 0 aromatic heterocycles. The number of benzene rings is 3. The molecule has 0 fully saturated rings. The van der Waals surface area contributed by atoms with Gasteiger partial charge in [-0.2, -0.15) is 18.4 Å². The zero-order valence-corrected chi connectivity index (χ0v) is 16.4. The highest BCUT2D eigenvalue weighted by molar-refractivity contribution is 5.93. The van der Waals surface area contributed by atoms with E-state index in [1.807, 2.05) is 0 Å². The first kappa shape index (κ1) is 21.9. The van der Waals surface area contributed by atoms with E-state index in [0.717, 1.165) is 23.3 Å². The predicted molar refractivity (Wildman–Crippen MR) is 110 cm³/mol. The standard InChI is InChI=1S/C24H19F3N2O2/c25-24(26,27)20-6-3-4-18(14-20)15-23(30)29-22-7-2-1-5-19(22)16-31-21-10-8-17(9-11-21)12-13-28/h1-11,14H,12,15-16H2,(H,29,30). The number of carbonyl (C=O) groups is 1. The molecule has 31 heavy (non-hydrogen) atoms. The summed E-state index contributed by atoms with van der Waals surface area (Å²) in [5, 5.41) is 11.5. The lowest BCUT2D eigenvalue weighted by molar-refractivity contribution is -0.137. The van der Waals surface area contributed by atoms with Crippen LogP contribution >= 0.6 is 0 Å². The Morgan fingerprint density at radius 2 is 1.71 bits per heavy atom. The summed E-state index contributed by atoms with van der Waals surface area (Å²) in [6.45, 7) is 0.192. The lowest BCUT2D eigenvalue weighted by atomic mass is 10.1. The Kier molecular flexibility index (Phi) is 6.93. The normalized spacial score (nSPS) is 10.9. The van der Waals surface area contributed by atoms with Gasteiger partial charge < -0.3 is 10.1 Å². The van der Waals surface area contributed by atoms with Crippen LogP contribution in [0.5, 0.6) is 5.75 Å². The van der Waals surface area contributed by atoms with Gasteiger partial charge in [0.05, 0.1) is 24.5 Å². The molecule has 0 unspecified atom stereocenters. The van der Waals surface area contributed by atoms with Gasteiger partial charge in [-0.3, -0.25) is 4.79 Å². The molecule has 0 atom stereocenters. The van der Waals surface area contributed by atoms with Crippen molar-refractivity contribution in [1.82, 2.24) is 0 Å². The number of ether oxygens (including phenoxy) is 1. The summed E-state index contributed by atoms with van der Waals surface area (Å²) in [7, 11) is 0. The zero-order chi connectivity index (χ0) is 22.3. The molecule has 0 spiro atoms. The summed E-state index contributed by atoms with van der Waals surface area (Å²) in [4.78, 5) is 12.4. The van der Waals surface area contributed by atoms with E-state index in [2.05, 4.69) is 11.4 Å². The summed E-state index contributed by atoms with van der Waals surface area (Å²) in [5.74, 6) is 0.194. The molecule has 0 saturated heterocycles. The highest BCUT2D eigenvalue weighted by Crippen LogP contribution is 2.29. The van der Waals surface area contributed by atoms with Crippen molar-refractivity contribution in [2.75, 3.05) is 5.32 Å². The summed E-state index contributed by atoms with van der Waals surface area (Å²) < 4.78 is 44.3. The Bertz CT molecular complexity index is 1090. The number of anilines is 1. The Hall–Kier alpha value is -3.79. The van der Waals surface area contributed by atoms with Crippen molar-refractivity contribution in [2.24, 2.45) is 0 Å². The van der Waals surface area contributed by atoms with Crippen molar-refractivity contribution in [3.8, 4) is 11.8 Å². The average molecular weight is 424 g/mol. The van der Waals surface area contributed by atoms with Crippen LogP contribution in [-0.4, -0.2) is 5.91 Å². The first-order valence-electron chi connectivity index (χ1n) is 9.48. The second-order valence-corrected chi connectivity index (χ2v) is 6.85. The topological polar surface area (TPSA) is 62.1 Å². The minimum absolute atomic E-state index is 0.181. The van der Waals surface area contributed by atoms with Gasteiger partial charge in [-0.1, -0.05) is 48.5 Å². The van der Waals surface area contributed by atoms with Crippen LogP contribution in [0.3, 0.4) is 0 Å². The molecule has 0 saturated carbocycles. The van der Waals surface area contributed by atoms with E-state index < -0.39 is 17.6 Å². The highest BCUT2D eigenvalue weighted by Gasteiger charge is 2.30. The molecule has 0 bridgehead atoms. The molecule has 7 heteroatoms. The smallest absolute Gasteiger partial charge is 0.416 e. The number of rotatable bonds is 7. The molecule has 1 N–H and O–H groups in total. The average Bonchev–Trinajstić information content (AvgIpc) is 2.74. The first-order valence-corrected chi connectivity index (χ1v) is 9.48. The number of nitrogens with zero attached hydrogens (tertiary/aromatic N) is 1. The number of carbonyl (C=O) groups excluding carboxylic acids is 1. The number of para-hydroxylation sites is 1. The monoisotopic (exact) mass is 424 g/mol. The molecule has 0 aliphatic heterocycles. The van der Waals surface area contributed by atoms with Gasteiger partial charge in [-0.05, 0) is 35.4 Å². The third-order valence-corrected chi connectivity index (χ3v) is 4.51. The van der Waals surface area contributed by atoms with Crippen molar-refractivity contribution in [2.45, 2.75) is 25.6 Å². The van der Waals surface area contributed by atoms with E-state index in [4.69, 9.17) is 10.00 Å². The van der Waals surface area contributed by atoms with E-state index in [9.17, 15) is 18.0 Å². The molecular weight excluding hydrogens is 405 g/mol. The molecule has 3 aromatic carbocycles. The Morgan fingerprint density at radius 1 is 0.968 bits per heavy atom. The second kappa shape index (κ2) is 9.81. The number of nitrogens with one attached hydrogen (secondary N) is 1. The Labute approximate surface area is 177 Å². The van der Waals surface area contributed by atoms with E-state index >= 15 is 0 Å². The van der Waals surface area contributed by atoms with Crippen LogP contribution in [0.1, 0.15) is 22.3 Å². The van der Waals surface area contributed by atoms with Crippen molar-refractivity contribution < 1.29 is 22.7 Å². The van der Waals surface area contributed by atoms with Crippen molar-refractivity contribution >= 4 is 11.6 Å². The van der Waals surface area contributed by atoms with Crippen LogP contribution in [0.2, 0.25) is 0 Å². The van der Waals surface area contributed by atoms with Gasteiger partial charge in [0.2, 0.25) is 5.91 Å². The third kappa shape index (κ3) is 6.34.